The van der Waals surface area contributed by atoms with E-state index in [0.29, 0.717) is 11.6 Å². The van der Waals surface area contributed by atoms with Crippen LogP contribution in [-0.4, -0.2) is 15.0 Å². The largest absolute Gasteiger partial charge is 0.226 e. The summed E-state index contributed by atoms with van der Waals surface area (Å²) in [5.74, 6) is 1.11. The Hall–Kier alpha value is -4.38. The van der Waals surface area contributed by atoms with Gasteiger partial charge in [-0.3, -0.25) is 0 Å². The van der Waals surface area contributed by atoms with Crippen molar-refractivity contribution in [3.05, 3.63) is 127 Å². The lowest BCUT2D eigenvalue weighted by Crippen LogP contribution is -1.97. The molecule has 0 aliphatic carbocycles. The second-order valence-electron chi connectivity index (χ2n) is 9.06. The van der Waals surface area contributed by atoms with Crippen molar-refractivity contribution in [1.82, 2.24) is 15.0 Å². The van der Waals surface area contributed by atoms with E-state index < -0.39 is 0 Å². The van der Waals surface area contributed by atoms with Crippen molar-refractivity contribution in [2.24, 2.45) is 0 Å². The highest BCUT2D eigenvalue weighted by atomic mass is 35.5. The molecule has 0 saturated carbocycles. The van der Waals surface area contributed by atoms with Gasteiger partial charge < -0.3 is 0 Å². The highest BCUT2D eigenvalue weighted by Crippen LogP contribution is 2.40. The Balaban J connectivity index is 1.25. The maximum atomic E-state index is 6.38. The molecular weight excluding hydrogens is 506 g/mol. The van der Waals surface area contributed by atoms with E-state index >= 15 is 0 Å². The van der Waals surface area contributed by atoms with Gasteiger partial charge >= 0.3 is 0 Å². The summed E-state index contributed by atoms with van der Waals surface area (Å²) in [6.45, 7) is 0. The summed E-state index contributed by atoms with van der Waals surface area (Å²) in [6.07, 6.45) is 0. The molecule has 3 nitrogen and oxygen atoms in total. The smallest absolute Gasteiger partial charge is 0.208 e. The molecule has 0 radical (unpaired) electrons. The van der Waals surface area contributed by atoms with E-state index in [1.807, 2.05) is 41.7 Å². The standard InChI is InChI=1S/C33H20ClN3S/c34-33-36-31(35-32(37-33)25-11-6-10-24(20-25)21-8-2-1-3-9-21)23-18-16-22(17-19-23)26-13-7-14-28-27-12-4-5-15-29(27)38-30(26)28/h1-20H. The molecule has 0 amide bonds. The monoisotopic (exact) mass is 525 g/mol. The van der Waals surface area contributed by atoms with E-state index in [1.54, 1.807) is 0 Å². The summed E-state index contributed by atoms with van der Waals surface area (Å²) in [4.78, 5) is 13.7. The van der Waals surface area contributed by atoms with Crippen LogP contribution in [0.2, 0.25) is 5.28 Å². The zero-order valence-electron chi connectivity index (χ0n) is 20.2. The molecule has 7 rings (SSSR count). The van der Waals surface area contributed by atoms with Crippen LogP contribution in [0, 0.1) is 0 Å². The molecule has 7 aromatic rings. The van der Waals surface area contributed by atoms with E-state index in [9.17, 15) is 0 Å². The molecule has 0 atom stereocenters. The molecule has 0 aliphatic heterocycles. The molecule has 5 aromatic carbocycles. The Bertz CT molecular complexity index is 1930. The van der Waals surface area contributed by atoms with Crippen LogP contribution in [0.4, 0.5) is 0 Å². The van der Waals surface area contributed by atoms with Crippen LogP contribution in [-0.2, 0) is 0 Å². The van der Waals surface area contributed by atoms with Crippen molar-refractivity contribution >= 4 is 43.1 Å². The fourth-order valence-corrected chi connectivity index (χ4v) is 6.25. The fourth-order valence-electron chi connectivity index (χ4n) is 4.85. The molecule has 2 aromatic heterocycles. The van der Waals surface area contributed by atoms with Crippen molar-refractivity contribution in [3.63, 3.8) is 0 Å². The first-order valence-electron chi connectivity index (χ1n) is 12.3. The lowest BCUT2D eigenvalue weighted by atomic mass is 10.0. The third-order valence-corrected chi connectivity index (χ3v) is 8.08. The van der Waals surface area contributed by atoms with Gasteiger partial charge in [0.05, 0.1) is 0 Å². The SMILES string of the molecule is Clc1nc(-c2ccc(-c3cccc4c3sc3ccccc34)cc2)nc(-c2cccc(-c3ccccc3)c2)n1. The third kappa shape index (κ3) is 4.14. The quantitative estimate of drug-likeness (QED) is 0.229. The minimum Gasteiger partial charge on any atom is -0.208 e. The van der Waals surface area contributed by atoms with Gasteiger partial charge in [-0.1, -0.05) is 109 Å². The molecule has 2 heterocycles. The number of halogens is 1. The second kappa shape index (κ2) is 9.49. The molecule has 0 fully saturated rings. The van der Waals surface area contributed by atoms with Gasteiger partial charge in [-0.15, -0.1) is 11.3 Å². The number of fused-ring (bicyclic) bond motifs is 3. The zero-order valence-corrected chi connectivity index (χ0v) is 21.7. The van der Waals surface area contributed by atoms with Gasteiger partial charge in [-0.2, -0.15) is 9.97 Å². The molecular formula is C33H20ClN3S. The molecule has 0 saturated heterocycles. The van der Waals surface area contributed by atoms with Gasteiger partial charge in [0.25, 0.3) is 0 Å². The summed E-state index contributed by atoms with van der Waals surface area (Å²) >= 11 is 8.21. The molecule has 0 aliphatic rings. The average molecular weight is 526 g/mol. The van der Waals surface area contributed by atoms with E-state index in [-0.39, 0.29) is 5.28 Å². The predicted octanol–water partition coefficient (Wildman–Crippen LogP) is 9.56. The van der Waals surface area contributed by atoms with Crippen LogP contribution < -0.4 is 0 Å². The summed E-state index contributed by atoms with van der Waals surface area (Å²) in [5.41, 5.74) is 6.40. The number of aromatic nitrogens is 3. The summed E-state index contributed by atoms with van der Waals surface area (Å²) < 4.78 is 2.60. The first-order valence-corrected chi connectivity index (χ1v) is 13.5. The van der Waals surface area contributed by atoms with Crippen molar-refractivity contribution in [3.8, 4) is 45.0 Å². The van der Waals surface area contributed by atoms with Crippen LogP contribution in [0.3, 0.4) is 0 Å². The molecule has 0 unspecified atom stereocenters. The minimum absolute atomic E-state index is 0.175. The number of hydrogen-bond acceptors (Lipinski definition) is 4. The lowest BCUT2D eigenvalue weighted by molar-refractivity contribution is 1.07. The topological polar surface area (TPSA) is 38.7 Å². The van der Waals surface area contributed by atoms with Crippen molar-refractivity contribution in [1.29, 1.82) is 0 Å². The van der Waals surface area contributed by atoms with Crippen molar-refractivity contribution in [2.75, 3.05) is 0 Å². The first kappa shape index (κ1) is 22.8. The molecule has 0 spiro atoms. The van der Waals surface area contributed by atoms with Gasteiger partial charge in [0.1, 0.15) is 0 Å². The van der Waals surface area contributed by atoms with Crippen LogP contribution in [0.25, 0.3) is 65.2 Å². The Kier molecular flexibility index (Phi) is 5.69. The van der Waals surface area contributed by atoms with Gasteiger partial charge in [-0.25, -0.2) is 4.98 Å². The van der Waals surface area contributed by atoms with Gasteiger partial charge in [0.2, 0.25) is 5.28 Å². The number of benzene rings is 5. The molecule has 180 valence electrons. The molecule has 38 heavy (non-hydrogen) atoms. The van der Waals surface area contributed by atoms with Crippen LogP contribution in [0.5, 0.6) is 0 Å². The Morgan fingerprint density at radius 1 is 0.474 bits per heavy atom. The van der Waals surface area contributed by atoms with Crippen LogP contribution >= 0.6 is 22.9 Å². The minimum atomic E-state index is 0.175. The van der Waals surface area contributed by atoms with E-state index in [4.69, 9.17) is 16.6 Å². The fraction of sp³-hybridized carbons (Fsp3) is 0. The lowest BCUT2D eigenvalue weighted by Gasteiger charge is -2.08. The Morgan fingerprint density at radius 2 is 1.11 bits per heavy atom. The van der Waals surface area contributed by atoms with Crippen molar-refractivity contribution < 1.29 is 0 Å². The highest BCUT2D eigenvalue weighted by Gasteiger charge is 2.13. The Labute approximate surface area is 229 Å². The number of thiophene rings is 1. The predicted molar refractivity (Wildman–Crippen MR) is 159 cm³/mol. The van der Waals surface area contributed by atoms with Crippen LogP contribution in [0.15, 0.2) is 121 Å². The molecule has 5 heteroatoms. The molecule has 0 bridgehead atoms. The number of nitrogens with zero attached hydrogens (tertiary/aromatic N) is 3. The third-order valence-electron chi connectivity index (χ3n) is 6.69. The van der Waals surface area contributed by atoms with Crippen molar-refractivity contribution in [2.45, 2.75) is 0 Å². The summed E-state index contributed by atoms with van der Waals surface area (Å²) in [5, 5.41) is 2.77. The highest BCUT2D eigenvalue weighted by molar-refractivity contribution is 7.26. The summed E-state index contributed by atoms with van der Waals surface area (Å²) in [7, 11) is 0. The van der Waals surface area contributed by atoms with E-state index in [0.717, 1.165) is 27.8 Å². The normalized spacial score (nSPS) is 11.3. The zero-order chi connectivity index (χ0) is 25.5. The number of hydrogen-bond donors (Lipinski definition) is 0. The van der Waals surface area contributed by atoms with Crippen LogP contribution in [0.1, 0.15) is 0 Å². The Morgan fingerprint density at radius 3 is 1.95 bits per heavy atom. The van der Waals surface area contributed by atoms with Gasteiger partial charge in [0.15, 0.2) is 11.6 Å². The van der Waals surface area contributed by atoms with E-state index in [1.165, 1.54) is 25.7 Å². The maximum absolute atomic E-state index is 6.38. The molecule has 0 N–H and O–H groups in total. The maximum Gasteiger partial charge on any atom is 0.226 e. The van der Waals surface area contributed by atoms with Gasteiger partial charge in [-0.05, 0) is 46.0 Å². The summed E-state index contributed by atoms with van der Waals surface area (Å²) in [6, 6.07) is 41.9. The first-order chi connectivity index (χ1) is 18.7. The van der Waals surface area contributed by atoms with Gasteiger partial charge in [0, 0.05) is 31.3 Å². The number of rotatable bonds is 4. The average Bonchev–Trinajstić information content (AvgIpc) is 3.36. The second-order valence-corrected chi connectivity index (χ2v) is 10.4. The van der Waals surface area contributed by atoms with E-state index in [2.05, 4.69) is 101 Å².